The van der Waals surface area contributed by atoms with Crippen LogP contribution in [0.15, 0.2) is 57.9 Å². The molecule has 0 aliphatic carbocycles. The van der Waals surface area contributed by atoms with Crippen LogP contribution in [-0.4, -0.2) is 17.1 Å². The Morgan fingerprint density at radius 2 is 1.69 bits per heavy atom. The molecule has 134 valence electrons. The Morgan fingerprint density at radius 1 is 1.04 bits per heavy atom. The van der Waals surface area contributed by atoms with Gasteiger partial charge in [-0.25, -0.2) is 4.79 Å². The fraction of sp³-hybridized carbons (Fsp3) is 0.273. The maximum atomic E-state index is 11.6. The number of nitrogens with zero attached hydrogens (tertiary/aromatic N) is 1. The van der Waals surface area contributed by atoms with Gasteiger partial charge in [0.2, 0.25) is 0 Å². The van der Waals surface area contributed by atoms with Crippen LogP contribution in [0.1, 0.15) is 25.0 Å². The standard InChI is InChI=1S/C22H23NO3/c1-13(2)21(22(24)25)23-18-12-19(16-8-6-5-7-9-16)26-20-11-15(4)14(3)10-17(18)20/h5-13,21H,1-4H3,(H,24,25). The van der Waals surface area contributed by atoms with Gasteiger partial charge >= 0.3 is 5.97 Å². The van der Waals surface area contributed by atoms with E-state index in [-0.39, 0.29) is 5.92 Å². The maximum Gasteiger partial charge on any atom is 0.328 e. The number of aryl methyl sites for hydroxylation is 2. The summed E-state index contributed by atoms with van der Waals surface area (Å²) in [5.41, 5.74) is 3.88. The molecule has 4 heteroatoms. The average Bonchev–Trinajstić information content (AvgIpc) is 2.60. The number of rotatable bonds is 4. The maximum absolute atomic E-state index is 11.6. The molecule has 0 spiro atoms. The van der Waals surface area contributed by atoms with Crippen LogP contribution in [0.5, 0.6) is 0 Å². The monoisotopic (exact) mass is 349 g/mol. The van der Waals surface area contributed by atoms with Crippen LogP contribution < -0.4 is 5.36 Å². The first-order valence-corrected chi connectivity index (χ1v) is 8.74. The highest BCUT2D eigenvalue weighted by Crippen LogP contribution is 2.24. The highest BCUT2D eigenvalue weighted by atomic mass is 16.4. The number of hydrogen-bond acceptors (Lipinski definition) is 3. The molecule has 1 unspecified atom stereocenters. The average molecular weight is 349 g/mol. The third-order valence-corrected chi connectivity index (χ3v) is 4.58. The number of carboxylic acid groups (broad SMARTS) is 1. The van der Waals surface area contributed by atoms with E-state index >= 15 is 0 Å². The molecule has 4 nitrogen and oxygen atoms in total. The Balaban J connectivity index is 2.35. The molecule has 2 aromatic carbocycles. The van der Waals surface area contributed by atoms with Crippen LogP contribution in [0.2, 0.25) is 0 Å². The second-order valence-electron chi connectivity index (χ2n) is 6.95. The topological polar surface area (TPSA) is 62.8 Å². The molecular weight excluding hydrogens is 326 g/mol. The molecule has 0 aliphatic heterocycles. The first-order chi connectivity index (χ1) is 12.4. The van der Waals surface area contributed by atoms with Gasteiger partial charge in [-0.15, -0.1) is 0 Å². The first-order valence-electron chi connectivity index (χ1n) is 8.74. The lowest BCUT2D eigenvalue weighted by atomic mass is 10.0. The molecule has 0 fully saturated rings. The Morgan fingerprint density at radius 3 is 2.31 bits per heavy atom. The second-order valence-corrected chi connectivity index (χ2v) is 6.95. The fourth-order valence-corrected chi connectivity index (χ4v) is 2.91. The lowest BCUT2D eigenvalue weighted by molar-refractivity contribution is -0.139. The van der Waals surface area contributed by atoms with Gasteiger partial charge in [-0.3, -0.25) is 4.99 Å². The molecule has 0 radical (unpaired) electrons. The van der Waals surface area contributed by atoms with Crippen LogP contribution in [0.4, 0.5) is 0 Å². The van der Waals surface area contributed by atoms with Crippen molar-refractivity contribution < 1.29 is 14.3 Å². The number of fused-ring (bicyclic) bond motifs is 1. The highest BCUT2D eigenvalue weighted by Gasteiger charge is 2.20. The van der Waals surface area contributed by atoms with Gasteiger partial charge in [-0.05, 0) is 43.0 Å². The molecule has 0 saturated heterocycles. The van der Waals surface area contributed by atoms with E-state index in [2.05, 4.69) is 4.99 Å². The smallest absolute Gasteiger partial charge is 0.328 e. The molecule has 0 aliphatic rings. The summed E-state index contributed by atoms with van der Waals surface area (Å²) in [6.45, 7) is 7.79. The predicted molar refractivity (Wildman–Crippen MR) is 103 cm³/mol. The van der Waals surface area contributed by atoms with E-state index in [1.165, 1.54) is 0 Å². The van der Waals surface area contributed by atoms with Gasteiger partial charge in [0.15, 0.2) is 0 Å². The van der Waals surface area contributed by atoms with Crippen molar-refractivity contribution in [2.75, 3.05) is 0 Å². The molecule has 0 bridgehead atoms. The van der Waals surface area contributed by atoms with Crippen LogP contribution >= 0.6 is 0 Å². The molecule has 3 aromatic rings. The Bertz CT molecular complexity index is 1020. The first kappa shape index (κ1) is 17.9. The number of carbonyl (C=O) groups is 1. The van der Waals surface area contributed by atoms with E-state index in [1.807, 2.05) is 76.2 Å². The summed E-state index contributed by atoms with van der Waals surface area (Å²) < 4.78 is 6.12. The molecule has 0 saturated carbocycles. The number of benzene rings is 2. The number of hydrogen-bond donors (Lipinski definition) is 1. The zero-order chi connectivity index (χ0) is 18.8. The van der Waals surface area contributed by atoms with Crippen molar-refractivity contribution in [3.63, 3.8) is 0 Å². The Hall–Kier alpha value is -2.88. The molecule has 1 N–H and O–H groups in total. The molecule has 0 amide bonds. The van der Waals surface area contributed by atoms with Crippen LogP contribution in [0.25, 0.3) is 22.3 Å². The third kappa shape index (κ3) is 3.54. The highest BCUT2D eigenvalue weighted by molar-refractivity contribution is 5.81. The molecule has 1 atom stereocenters. The van der Waals surface area contributed by atoms with E-state index < -0.39 is 12.0 Å². The molecule has 1 aromatic heterocycles. The van der Waals surface area contributed by atoms with Crippen molar-refractivity contribution in [3.05, 3.63) is 65.0 Å². The van der Waals surface area contributed by atoms with Gasteiger partial charge in [0.1, 0.15) is 17.4 Å². The van der Waals surface area contributed by atoms with E-state index in [0.717, 1.165) is 22.1 Å². The number of aliphatic carboxylic acids is 1. The van der Waals surface area contributed by atoms with E-state index in [0.29, 0.717) is 16.7 Å². The van der Waals surface area contributed by atoms with Gasteiger partial charge in [-0.1, -0.05) is 44.2 Å². The van der Waals surface area contributed by atoms with E-state index in [4.69, 9.17) is 4.42 Å². The van der Waals surface area contributed by atoms with Gasteiger partial charge in [-0.2, -0.15) is 0 Å². The second kappa shape index (κ2) is 7.16. The largest absolute Gasteiger partial charge is 0.480 e. The predicted octanol–water partition coefficient (Wildman–Crippen LogP) is 4.73. The zero-order valence-corrected chi connectivity index (χ0v) is 15.5. The quantitative estimate of drug-likeness (QED) is 0.741. The minimum absolute atomic E-state index is 0.105. The van der Waals surface area contributed by atoms with Gasteiger partial charge in [0.05, 0.1) is 5.36 Å². The van der Waals surface area contributed by atoms with Crippen molar-refractivity contribution in [1.29, 1.82) is 0 Å². The molecular formula is C22H23NO3. The summed E-state index contributed by atoms with van der Waals surface area (Å²) in [5, 5.41) is 11.0. The van der Waals surface area contributed by atoms with Crippen LogP contribution in [-0.2, 0) is 4.79 Å². The zero-order valence-electron chi connectivity index (χ0n) is 15.5. The fourth-order valence-electron chi connectivity index (χ4n) is 2.91. The van der Waals surface area contributed by atoms with Crippen molar-refractivity contribution in [2.24, 2.45) is 10.9 Å². The summed E-state index contributed by atoms with van der Waals surface area (Å²) in [6.07, 6.45) is 0. The summed E-state index contributed by atoms with van der Waals surface area (Å²) in [7, 11) is 0. The van der Waals surface area contributed by atoms with E-state index in [1.54, 1.807) is 0 Å². The van der Waals surface area contributed by atoms with Gasteiger partial charge < -0.3 is 9.52 Å². The SMILES string of the molecule is Cc1cc2oc(-c3ccccc3)cc(=NC(C(=O)O)C(C)C)c2cc1C. The van der Waals surface area contributed by atoms with E-state index in [9.17, 15) is 9.90 Å². The summed E-state index contributed by atoms with van der Waals surface area (Å²) in [6, 6.07) is 14.8. The number of carboxylic acids is 1. The minimum Gasteiger partial charge on any atom is -0.480 e. The molecule has 1 heterocycles. The minimum atomic E-state index is -0.918. The Kier molecular flexibility index (Phi) is 4.94. The molecule has 26 heavy (non-hydrogen) atoms. The lowest BCUT2D eigenvalue weighted by Gasteiger charge is -2.12. The van der Waals surface area contributed by atoms with Crippen molar-refractivity contribution in [3.8, 4) is 11.3 Å². The van der Waals surface area contributed by atoms with Gasteiger partial charge in [0.25, 0.3) is 0 Å². The summed E-state index contributed by atoms with van der Waals surface area (Å²) in [5.74, 6) is -0.349. The lowest BCUT2D eigenvalue weighted by Crippen LogP contribution is -2.27. The normalized spacial score (nSPS) is 13.3. The van der Waals surface area contributed by atoms with Crippen LogP contribution in [0, 0.1) is 19.8 Å². The van der Waals surface area contributed by atoms with Gasteiger partial charge in [0, 0.05) is 17.0 Å². The third-order valence-electron chi connectivity index (χ3n) is 4.58. The van der Waals surface area contributed by atoms with Crippen molar-refractivity contribution in [1.82, 2.24) is 0 Å². The van der Waals surface area contributed by atoms with Crippen molar-refractivity contribution >= 4 is 16.9 Å². The Labute approximate surface area is 152 Å². The summed E-state index contributed by atoms with van der Waals surface area (Å²) in [4.78, 5) is 16.2. The molecule has 3 rings (SSSR count). The summed E-state index contributed by atoms with van der Waals surface area (Å²) >= 11 is 0. The van der Waals surface area contributed by atoms with Crippen LogP contribution in [0.3, 0.4) is 0 Å². The van der Waals surface area contributed by atoms with Crippen molar-refractivity contribution in [2.45, 2.75) is 33.7 Å².